The molecule has 25 heavy (non-hydrogen) atoms. The third-order valence-electron chi connectivity index (χ3n) is 4.35. The summed E-state index contributed by atoms with van der Waals surface area (Å²) in [6.07, 6.45) is 4.76. The topological polar surface area (TPSA) is 30.0 Å². The van der Waals surface area contributed by atoms with Crippen molar-refractivity contribution in [3.05, 3.63) is 99.8 Å². The standard InChI is InChI=1S/C22H20BrNO/c1-16-2-7-18(8-3-16)22(19-12-14-24-15-13-19)21(25)11-6-17-4-9-20(23)10-5-17/h2-5,7-10,12-15,22H,6,11H2,1H3/t22-/m1/s1. The Kier molecular flexibility index (Phi) is 5.77. The molecule has 0 aliphatic rings. The minimum Gasteiger partial charge on any atom is -0.299 e. The highest BCUT2D eigenvalue weighted by atomic mass is 79.9. The average molecular weight is 394 g/mol. The van der Waals surface area contributed by atoms with Gasteiger partial charge in [-0.05, 0) is 54.3 Å². The van der Waals surface area contributed by atoms with E-state index >= 15 is 0 Å². The molecule has 0 aliphatic carbocycles. The molecule has 3 heteroatoms. The molecule has 126 valence electrons. The lowest BCUT2D eigenvalue weighted by molar-refractivity contribution is -0.119. The highest BCUT2D eigenvalue weighted by Gasteiger charge is 2.22. The van der Waals surface area contributed by atoms with E-state index in [1.54, 1.807) is 12.4 Å². The second-order valence-corrected chi connectivity index (χ2v) is 7.13. The molecule has 0 spiro atoms. The average Bonchev–Trinajstić information content (AvgIpc) is 2.64. The van der Waals surface area contributed by atoms with E-state index in [-0.39, 0.29) is 11.7 Å². The number of carbonyl (C=O) groups is 1. The number of aromatic nitrogens is 1. The molecule has 0 amide bonds. The number of hydrogen-bond donors (Lipinski definition) is 0. The Bertz CT molecular complexity index is 826. The van der Waals surface area contributed by atoms with Crippen LogP contribution < -0.4 is 0 Å². The third kappa shape index (κ3) is 4.64. The maximum absolute atomic E-state index is 13.0. The van der Waals surface area contributed by atoms with Crippen LogP contribution in [0.5, 0.6) is 0 Å². The summed E-state index contributed by atoms with van der Waals surface area (Å²) in [4.78, 5) is 17.1. The Hall–Kier alpha value is -2.26. The van der Waals surface area contributed by atoms with E-state index in [1.807, 2.05) is 24.3 Å². The quantitative estimate of drug-likeness (QED) is 0.554. The number of aryl methyl sites for hydroxylation is 2. The van der Waals surface area contributed by atoms with Crippen LogP contribution in [0.1, 0.15) is 34.6 Å². The first-order chi connectivity index (χ1) is 12.1. The lowest BCUT2D eigenvalue weighted by Crippen LogP contribution is -2.15. The second kappa shape index (κ2) is 8.21. The molecule has 3 rings (SSSR count). The minimum absolute atomic E-state index is 0.234. The Labute approximate surface area is 157 Å². The number of ketones is 1. The van der Waals surface area contributed by atoms with E-state index in [0.717, 1.165) is 22.0 Å². The van der Waals surface area contributed by atoms with Gasteiger partial charge < -0.3 is 0 Å². The van der Waals surface area contributed by atoms with Crippen LogP contribution >= 0.6 is 15.9 Å². The summed E-state index contributed by atoms with van der Waals surface area (Å²) in [7, 11) is 0. The predicted molar refractivity (Wildman–Crippen MR) is 105 cm³/mol. The van der Waals surface area contributed by atoms with Crippen molar-refractivity contribution in [3.8, 4) is 0 Å². The zero-order valence-electron chi connectivity index (χ0n) is 14.2. The maximum Gasteiger partial charge on any atom is 0.145 e. The molecule has 0 N–H and O–H groups in total. The first-order valence-corrected chi connectivity index (χ1v) is 9.16. The van der Waals surface area contributed by atoms with E-state index in [0.29, 0.717) is 6.42 Å². The van der Waals surface area contributed by atoms with E-state index in [2.05, 4.69) is 64.2 Å². The monoisotopic (exact) mass is 393 g/mol. The molecular weight excluding hydrogens is 374 g/mol. The number of carbonyl (C=O) groups excluding carboxylic acids is 1. The van der Waals surface area contributed by atoms with Crippen LogP contribution in [0.25, 0.3) is 0 Å². The molecule has 0 radical (unpaired) electrons. The maximum atomic E-state index is 13.0. The molecule has 0 fully saturated rings. The molecule has 3 aromatic rings. The van der Waals surface area contributed by atoms with Crippen LogP contribution in [-0.2, 0) is 11.2 Å². The normalized spacial score (nSPS) is 11.9. The van der Waals surface area contributed by atoms with E-state index in [1.165, 1.54) is 11.1 Å². The van der Waals surface area contributed by atoms with Gasteiger partial charge in [0.05, 0.1) is 5.92 Å². The van der Waals surface area contributed by atoms with Gasteiger partial charge in [0.2, 0.25) is 0 Å². The van der Waals surface area contributed by atoms with Crippen LogP contribution in [-0.4, -0.2) is 10.8 Å². The van der Waals surface area contributed by atoms with Gasteiger partial charge in [0.1, 0.15) is 5.78 Å². The molecule has 0 unspecified atom stereocenters. The number of pyridine rings is 1. The largest absolute Gasteiger partial charge is 0.299 e. The van der Waals surface area contributed by atoms with Crippen molar-refractivity contribution < 1.29 is 4.79 Å². The van der Waals surface area contributed by atoms with Crippen molar-refractivity contribution in [2.24, 2.45) is 0 Å². The molecule has 0 saturated heterocycles. The van der Waals surface area contributed by atoms with Gasteiger partial charge in [-0.1, -0.05) is 57.9 Å². The first kappa shape index (κ1) is 17.6. The van der Waals surface area contributed by atoms with Crippen molar-refractivity contribution in [1.29, 1.82) is 0 Å². The van der Waals surface area contributed by atoms with Gasteiger partial charge in [0.25, 0.3) is 0 Å². The highest BCUT2D eigenvalue weighted by Crippen LogP contribution is 2.27. The fourth-order valence-electron chi connectivity index (χ4n) is 2.94. The number of halogens is 1. The smallest absolute Gasteiger partial charge is 0.145 e. The molecule has 1 heterocycles. The molecule has 0 aliphatic heterocycles. The molecule has 1 atom stereocenters. The minimum atomic E-state index is -0.237. The van der Waals surface area contributed by atoms with Crippen molar-refractivity contribution >= 4 is 21.7 Å². The fourth-order valence-corrected chi connectivity index (χ4v) is 3.21. The van der Waals surface area contributed by atoms with Crippen LogP contribution in [0.4, 0.5) is 0 Å². The summed E-state index contributed by atoms with van der Waals surface area (Å²) in [5, 5.41) is 0. The van der Waals surface area contributed by atoms with Gasteiger partial charge in [-0.15, -0.1) is 0 Å². The van der Waals surface area contributed by atoms with Crippen LogP contribution in [0.2, 0.25) is 0 Å². The SMILES string of the molecule is Cc1ccc([C@@H](C(=O)CCc2ccc(Br)cc2)c2ccncc2)cc1. The van der Waals surface area contributed by atoms with E-state index in [4.69, 9.17) is 0 Å². The van der Waals surface area contributed by atoms with E-state index in [9.17, 15) is 4.79 Å². The van der Waals surface area contributed by atoms with Crippen molar-refractivity contribution in [3.63, 3.8) is 0 Å². The van der Waals surface area contributed by atoms with Gasteiger partial charge in [-0.25, -0.2) is 0 Å². The van der Waals surface area contributed by atoms with Gasteiger partial charge >= 0.3 is 0 Å². The highest BCUT2D eigenvalue weighted by molar-refractivity contribution is 9.10. The first-order valence-electron chi connectivity index (χ1n) is 8.37. The summed E-state index contributed by atoms with van der Waals surface area (Å²) in [6, 6.07) is 20.2. The molecule has 2 nitrogen and oxygen atoms in total. The summed E-state index contributed by atoms with van der Waals surface area (Å²) in [5.41, 5.74) is 4.41. The third-order valence-corrected chi connectivity index (χ3v) is 4.87. The lowest BCUT2D eigenvalue weighted by atomic mass is 9.85. The lowest BCUT2D eigenvalue weighted by Gasteiger charge is -2.17. The van der Waals surface area contributed by atoms with Crippen molar-refractivity contribution in [1.82, 2.24) is 4.98 Å². The summed E-state index contributed by atoms with van der Waals surface area (Å²) in [6.45, 7) is 2.06. The summed E-state index contributed by atoms with van der Waals surface area (Å²) < 4.78 is 1.05. The molecule has 0 bridgehead atoms. The predicted octanol–water partition coefficient (Wildman–Crippen LogP) is 5.49. The Morgan fingerprint density at radius 3 is 2.16 bits per heavy atom. The zero-order valence-corrected chi connectivity index (χ0v) is 15.7. The number of rotatable bonds is 6. The molecule has 0 saturated carbocycles. The number of Topliss-reactive ketones (excluding diaryl/α,β-unsaturated/α-hetero) is 1. The summed E-state index contributed by atoms with van der Waals surface area (Å²) in [5.74, 6) is -0.00276. The number of hydrogen-bond acceptors (Lipinski definition) is 2. The van der Waals surface area contributed by atoms with Crippen LogP contribution in [0, 0.1) is 6.92 Å². The van der Waals surface area contributed by atoms with Crippen molar-refractivity contribution in [2.75, 3.05) is 0 Å². The van der Waals surface area contributed by atoms with Gasteiger partial charge in [0, 0.05) is 23.3 Å². The Morgan fingerprint density at radius 2 is 1.52 bits per heavy atom. The molecule has 1 aromatic heterocycles. The zero-order chi connectivity index (χ0) is 17.6. The molecule has 2 aromatic carbocycles. The second-order valence-electron chi connectivity index (χ2n) is 6.22. The Balaban J connectivity index is 1.82. The van der Waals surface area contributed by atoms with Crippen LogP contribution in [0.15, 0.2) is 77.5 Å². The van der Waals surface area contributed by atoms with Crippen LogP contribution in [0.3, 0.4) is 0 Å². The van der Waals surface area contributed by atoms with Gasteiger partial charge in [-0.2, -0.15) is 0 Å². The van der Waals surface area contributed by atoms with Crippen molar-refractivity contribution in [2.45, 2.75) is 25.7 Å². The number of benzene rings is 2. The van der Waals surface area contributed by atoms with Gasteiger partial charge in [0.15, 0.2) is 0 Å². The Morgan fingerprint density at radius 1 is 0.920 bits per heavy atom. The number of nitrogens with zero attached hydrogens (tertiary/aromatic N) is 1. The summed E-state index contributed by atoms with van der Waals surface area (Å²) >= 11 is 3.44. The van der Waals surface area contributed by atoms with E-state index < -0.39 is 0 Å². The molecular formula is C22H20BrNO. The van der Waals surface area contributed by atoms with Gasteiger partial charge in [-0.3, -0.25) is 9.78 Å². The fraction of sp³-hybridized carbons (Fsp3) is 0.182.